The van der Waals surface area contributed by atoms with Crippen molar-refractivity contribution in [2.75, 3.05) is 12.4 Å². The number of hydrogen-bond donors (Lipinski definition) is 2. The van der Waals surface area contributed by atoms with E-state index in [1.165, 1.54) is 25.7 Å². The summed E-state index contributed by atoms with van der Waals surface area (Å²) in [6, 6.07) is 0. The van der Waals surface area contributed by atoms with Crippen LogP contribution in [0.3, 0.4) is 0 Å². The lowest BCUT2D eigenvalue weighted by atomic mass is 10.1. The van der Waals surface area contributed by atoms with Gasteiger partial charge in [0.05, 0.1) is 6.61 Å². The maximum atomic E-state index is 11.1. The van der Waals surface area contributed by atoms with E-state index in [1.54, 1.807) is 0 Å². The van der Waals surface area contributed by atoms with Gasteiger partial charge in [0, 0.05) is 5.75 Å². The summed E-state index contributed by atoms with van der Waals surface area (Å²) < 4.78 is 0. The maximum Gasteiger partial charge on any atom is 0.219 e. The van der Waals surface area contributed by atoms with Crippen LogP contribution in [0.25, 0.3) is 0 Å². The fraction of sp³-hybridized carbons (Fsp3) is 0.909. The van der Waals surface area contributed by atoms with Crippen molar-refractivity contribution in [3.63, 3.8) is 0 Å². The zero-order valence-electron chi connectivity index (χ0n) is 9.45. The van der Waals surface area contributed by atoms with Crippen molar-refractivity contribution in [3.05, 3.63) is 0 Å². The minimum Gasteiger partial charge on any atom is -0.393 e. The molecule has 1 unspecified atom stereocenters. The summed E-state index contributed by atoms with van der Waals surface area (Å²) in [5, 5.41) is 17.2. The summed E-state index contributed by atoms with van der Waals surface area (Å²) in [6.45, 7) is 1.72. The predicted octanol–water partition coefficient (Wildman–Crippen LogP) is 1.96. The third-order valence-electron chi connectivity index (χ3n) is 2.19. The molecule has 0 aliphatic rings. The summed E-state index contributed by atoms with van der Waals surface area (Å²) in [5.41, 5.74) is 0. The highest BCUT2D eigenvalue weighted by Crippen LogP contribution is 2.11. The van der Waals surface area contributed by atoms with Gasteiger partial charge in [-0.05, 0) is 6.42 Å². The minimum atomic E-state index is -1.20. The van der Waals surface area contributed by atoms with Gasteiger partial charge in [-0.25, -0.2) is 0 Å². The van der Waals surface area contributed by atoms with Gasteiger partial charge >= 0.3 is 0 Å². The van der Waals surface area contributed by atoms with Gasteiger partial charge in [0.25, 0.3) is 0 Å². The highest BCUT2D eigenvalue weighted by molar-refractivity contribution is 8.13. The molecule has 0 aromatic carbocycles. The van der Waals surface area contributed by atoms with Crippen molar-refractivity contribution in [1.29, 1.82) is 0 Å². The van der Waals surface area contributed by atoms with E-state index in [0.29, 0.717) is 0 Å². The van der Waals surface area contributed by atoms with Crippen LogP contribution in [0.1, 0.15) is 45.4 Å². The molecule has 15 heavy (non-hydrogen) atoms. The molecule has 0 aliphatic heterocycles. The van der Waals surface area contributed by atoms with Crippen LogP contribution in [0.4, 0.5) is 0 Å². The molecule has 3 nitrogen and oxygen atoms in total. The Labute approximate surface area is 96.3 Å². The molecule has 2 N–H and O–H groups in total. The molecular weight excluding hydrogens is 212 g/mol. The molecule has 0 aromatic heterocycles. The van der Waals surface area contributed by atoms with Gasteiger partial charge < -0.3 is 10.2 Å². The molecular formula is C11H22O3S. The number of rotatable bonds is 9. The van der Waals surface area contributed by atoms with Crippen molar-refractivity contribution in [1.82, 2.24) is 0 Å². The van der Waals surface area contributed by atoms with Gasteiger partial charge in [0.1, 0.15) is 6.10 Å². The summed E-state index contributed by atoms with van der Waals surface area (Å²) in [4.78, 5) is 11.1. The Kier molecular flexibility index (Phi) is 10.4. The summed E-state index contributed by atoms with van der Waals surface area (Å²) in [5.74, 6) is 0.752. The number of thioether (sulfide) groups is 1. The number of aliphatic hydroxyl groups is 2. The van der Waals surface area contributed by atoms with Crippen LogP contribution in [0.5, 0.6) is 0 Å². The molecule has 0 heterocycles. The van der Waals surface area contributed by atoms with E-state index in [1.807, 2.05) is 0 Å². The first-order chi connectivity index (χ1) is 7.22. The molecule has 0 fully saturated rings. The van der Waals surface area contributed by atoms with Crippen molar-refractivity contribution >= 4 is 16.9 Å². The third kappa shape index (κ3) is 8.90. The molecule has 90 valence electrons. The molecule has 0 spiro atoms. The molecule has 0 radical (unpaired) electrons. The van der Waals surface area contributed by atoms with Crippen LogP contribution in [0.2, 0.25) is 0 Å². The lowest BCUT2D eigenvalue weighted by molar-refractivity contribution is -0.119. The van der Waals surface area contributed by atoms with E-state index in [0.717, 1.165) is 30.4 Å². The minimum absolute atomic E-state index is 0.314. The highest BCUT2D eigenvalue weighted by Gasteiger charge is 2.13. The van der Waals surface area contributed by atoms with Crippen LogP contribution < -0.4 is 0 Å². The van der Waals surface area contributed by atoms with Crippen molar-refractivity contribution in [3.8, 4) is 0 Å². The van der Waals surface area contributed by atoms with Crippen LogP contribution >= 0.6 is 11.8 Å². The number of aliphatic hydroxyl groups excluding tert-OH is 2. The van der Waals surface area contributed by atoms with E-state index in [-0.39, 0.29) is 5.12 Å². The number of unbranched alkanes of at least 4 members (excludes halogenated alkanes) is 5. The van der Waals surface area contributed by atoms with E-state index < -0.39 is 12.7 Å². The zero-order valence-corrected chi connectivity index (χ0v) is 10.3. The van der Waals surface area contributed by atoms with Crippen LogP contribution in [-0.4, -0.2) is 33.8 Å². The topological polar surface area (TPSA) is 57.5 Å². The third-order valence-corrected chi connectivity index (χ3v) is 3.24. The first-order valence-corrected chi connectivity index (χ1v) is 6.66. The SMILES string of the molecule is CCCCCCCCSC(=O)C(O)CO. The van der Waals surface area contributed by atoms with E-state index in [4.69, 9.17) is 10.2 Å². The summed E-state index contributed by atoms with van der Waals surface area (Å²) in [6.07, 6.45) is 5.99. The molecule has 0 saturated carbocycles. The second-order valence-corrected chi connectivity index (χ2v) is 4.73. The van der Waals surface area contributed by atoms with E-state index in [2.05, 4.69) is 6.92 Å². The fourth-order valence-electron chi connectivity index (χ4n) is 1.23. The second kappa shape index (κ2) is 10.5. The largest absolute Gasteiger partial charge is 0.393 e. The van der Waals surface area contributed by atoms with Gasteiger partial charge in [0.2, 0.25) is 5.12 Å². The molecule has 1 atom stereocenters. The Morgan fingerprint density at radius 2 is 1.80 bits per heavy atom. The summed E-state index contributed by atoms with van der Waals surface area (Å²) in [7, 11) is 0. The second-order valence-electron chi connectivity index (χ2n) is 3.63. The Morgan fingerprint density at radius 1 is 1.20 bits per heavy atom. The van der Waals surface area contributed by atoms with Gasteiger partial charge in [-0.15, -0.1) is 0 Å². The number of carbonyl (C=O) groups is 1. The lowest BCUT2D eigenvalue weighted by Gasteiger charge is -2.04. The molecule has 0 amide bonds. The Balaban J connectivity index is 3.20. The Hall–Kier alpha value is -0.0600. The van der Waals surface area contributed by atoms with Gasteiger partial charge in [-0.1, -0.05) is 50.8 Å². The lowest BCUT2D eigenvalue weighted by Crippen LogP contribution is -2.21. The molecule has 0 bridgehead atoms. The predicted molar refractivity (Wildman–Crippen MR) is 63.9 cm³/mol. The highest BCUT2D eigenvalue weighted by atomic mass is 32.2. The number of carbonyl (C=O) groups excluding carboxylic acids is 1. The molecule has 0 aliphatic carbocycles. The quantitative estimate of drug-likeness (QED) is 0.599. The first-order valence-electron chi connectivity index (χ1n) is 5.68. The smallest absolute Gasteiger partial charge is 0.219 e. The van der Waals surface area contributed by atoms with Gasteiger partial charge in [-0.3, -0.25) is 4.79 Å². The normalized spacial score (nSPS) is 12.7. The number of hydrogen-bond acceptors (Lipinski definition) is 4. The monoisotopic (exact) mass is 234 g/mol. The molecule has 0 aromatic rings. The molecule has 0 saturated heterocycles. The van der Waals surface area contributed by atoms with Crippen molar-refractivity contribution < 1.29 is 15.0 Å². The van der Waals surface area contributed by atoms with Gasteiger partial charge in [0.15, 0.2) is 0 Å². The average Bonchev–Trinajstić information content (AvgIpc) is 2.26. The zero-order chi connectivity index (χ0) is 11.5. The van der Waals surface area contributed by atoms with E-state index >= 15 is 0 Å². The fourth-order valence-corrected chi connectivity index (χ4v) is 2.04. The molecule has 0 rings (SSSR count). The Morgan fingerprint density at radius 3 is 2.40 bits per heavy atom. The average molecular weight is 234 g/mol. The Bertz CT molecular complexity index is 162. The van der Waals surface area contributed by atoms with Gasteiger partial charge in [-0.2, -0.15) is 0 Å². The van der Waals surface area contributed by atoms with Crippen LogP contribution in [0, 0.1) is 0 Å². The summed E-state index contributed by atoms with van der Waals surface area (Å²) >= 11 is 1.12. The van der Waals surface area contributed by atoms with Crippen molar-refractivity contribution in [2.24, 2.45) is 0 Å². The maximum absolute atomic E-state index is 11.1. The molecule has 4 heteroatoms. The van der Waals surface area contributed by atoms with Crippen molar-refractivity contribution in [2.45, 2.75) is 51.6 Å². The van der Waals surface area contributed by atoms with Crippen LogP contribution in [0.15, 0.2) is 0 Å². The standard InChI is InChI=1S/C11H22O3S/c1-2-3-4-5-6-7-8-15-11(14)10(13)9-12/h10,12-13H,2-9H2,1H3. The van der Waals surface area contributed by atoms with E-state index in [9.17, 15) is 4.79 Å². The van der Waals surface area contributed by atoms with Crippen LogP contribution in [-0.2, 0) is 4.79 Å². The first kappa shape index (κ1) is 14.9.